The zero-order valence-corrected chi connectivity index (χ0v) is 34.7. The molecule has 2 unspecified atom stereocenters. The van der Waals surface area contributed by atoms with Gasteiger partial charge in [-0.15, -0.1) is 0 Å². The summed E-state index contributed by atoms with van der Waals surface area (Å²) < 4.78 is 33.1. The van der Waals surface area contributed by atoms with Crippen LogP contribution < -0.4 is 5.32 Å². The molecular weight excluding hydrogens is 677 g/mol. The molecule has 9 nitrogen and oxygen atoms in total. The molecule has 0 aliphatic carbocycles. The van der Waals surface area contributed by atoms with E-state index in [4.69, 9.17) is 18.5 Å². The van der Waals surface area contributed by atoms with Crippen molar-refractivity contribution in [2.45, 2.75) is 200 Å². The third-order valence-corrected chi connectivity index (χ3v) is 10.1. The highest BCUT2D eigenvalue weighted by Gasteiger charge is 2.26. The molecule has 2 N–H and O–H groups in total. The first-order chi connectivity index (χ1) is 25.3. The summed E-state index contributed by atoms with van der Waals surface area (Å²) in [6.07, 6.45) is 39.3. The maximum Gasteiger partial charge on any atom is 0.472 e. The van der Waals surface area contributed by atoms with E-state index in [0.717, 1.165) is 57.8 Å². The Kier molecular flexibility index (Phi) is 38.1. The molecule has 0 spiro atoms. The van der Waals surface area contributed by atoms with Crippen molar-refractivity contribution < 1.29 is 37.6 Å². The van der Waals surface area contributed by atoms with Crippen LogP contribution in [0.1, 0.15) is 194 Å². The summed E-state index contributed by atoms with van der Waals surface area (Å²) in [5.41, 5.74) is 0. The summed E-state index contributed by atoms with van der Waals surface area (Å²) in [5.74, 6) is -0.816. The van der Waals surface area contributed by atoms with E-state index in [1.165, 1.54) is 103 Å². The molecule has 0 fully saturated rings. The predicted molar refractivity (Wildman–Crippen MR) is 215 cm³/mol. The van der Waals surface area contributed by atoms with E-state index >= 15 is 0 Å². The molecule has 306 valence electrons. The van der Waals surface area contributed by atoms with Gasteiger partial charge in [0.05, 0.1) is 13.2 Å². The van der Waals surface area contributed by atoms with Crippen LogP contribution in [0.15, 0.2) is 24.3 Å². The van der Waals surface area contributed by atoms with E-state index in [9.17, 15) is 19.0 Å². The van der Waals surface area contributed by atoms with Crippen molar-refractivity contribution in [1.29, 1.82) is 0 Å². The van der Waals surface area contributed by atoms with Crippen LogP contribution in [-0.2, 0) is 32.7 Å². The number of likely N-dealkylation sites (N-methyl/N-ethyl adjacent to an activating group) is 1. The van der Waals surface area contributed by atoms with Gasteiger partial charge in [-0.05, 0) is 52.0 Å². The first-order valence-electron chi connectivity index (χ1n) is 21.3. The van der Waals surface area contributed by atoms with Gasteiger partial charge in [-0.3, -0.25) is 18.6 Å². The Labute approximate surface area is 319 Å². The van der Waals surface area contributed by atoms with Gasteiger partial charge in [-0.1, -0.05) is 160 Å². The van der Waals surface area contributed by atoms with E-state index in [1.54, 1.807) is 7.05 Å². The van der Waals surface area contributed by atoms with Gasteiger partial charge in [0.15, 0.2) is 6.10 Å². The number of esters is 2. The van der Waals surface area contributed by atoms with Gasteiger partial charge >= 0.3 is 19.8 Å². The lowest BCUT2D eigenvalue weighted by atomic mass is 10.0. The minimum atomic E-state index is -4.35. The fraction of sp³-hybridized carbons (Fsp3) is 0.857. The minimum absolute atomic E-state index is 0.0181. The van der Waals surface area contributed by atoms with Crippen molar-refractivity contribution in [1.82, 2.24) is 5.32 Å². The first kappa shape index (κ1) is 50.5. The van der Waals surface area contributed by atoms with Crippen LogP contribution in [0.4, 0.5) is 0 Å². The molecule has 0 saturated carbocycles. The number of rotatable bonds is 40. The van der Waals surface area contributed by atoms with Crippen LogP contribution in [-0.4, -0.2) is 56.3 Å². The molecule has 0 aliphatic rings. The topological polar surface area (TPSA) is 120 Å². The molecule has 0 saturated heterocycles. The maximum absolute atomic E-state index is 12.6. The Morgan fingerprint density at radius 3 is 1.56 bits per heavy atom. The summed E-state index contributed by atoms with van der Waals surface area (Å²) in [5, 5.41) is 2.82. The van der Waals surface area contributed by atoms with Gasteiger partial charge < -0.3 is 19.7 Å². The van der Waals surface area contributed by atoms with Gasteiger partial charge in [0.25, 0.3) is 0 Å². The van der Waals surface area contributed by atoms with Gasteiger partial charge in [-0.25, -0.2) is 4.57 Å². The highest BCUT2D eigenvalue weighted by Crippen LogP contribution is 2.43. The normalized spacial score (nSPS) is 13.5. The number of allylic oxidation sites excluding steroid dienone is 4. The summed E-state index contributed by atoms with van der Waals surface area (Å²) in [4.78, 5) is 35.0. The Morgan fingerprint density at radius 1 is 0.596 bits per heavy atom. The van der Waals surface area contributed by atoms with Crippen LogP contribution >= 0.6 is 7.82 Å². The minimum Gasteiger partial charge on any atom is -0.462 e. The SMILES string of the molecule is CCCCC/C=C\C/C=C\CCCCCCCC(=O)OC(COC(=O)CCCCCCCCCCCCCCCCC)COP(=O)(O)OCCNC. The Hall–Kier alpha value is -1.51. The van der Waals surface area contributed by atoms with Crippen LogP contribution in [0.2, 0.25) is 0 Å². The number of phosphoric ester groups is 1. The van der Waals surface area contributed by atoms with Crippen molar-refractivity contribution in [2.75, 3.05) is 33.4 Å². The van der Waals surface area contributed by atoms with Crippen molar-refractivity contribution >= 4 is 19.8 Å². The second-order valence-corrected chi connectivity index (χ2v) is 15.6. The lowest BCUT2D eigenvalue weighted by Gasteiger charge is -2.20. The van der Waals surface area contributed by atoms with Crippen molar-refractivity contribution in [3.63, 3.8) is 0 Å². The molecular formula is C42H80NO8P. The average Bonchev–Trinajstić information content (AvgIpc) is 3.12. The standard InChI is InChI=1S/C42H80NO8P/c1-4-6-8-10-12-14-16-18-20-22-24-26-28-30-32-34-41(44)48-38-40(39-50-52(46,47)49-37-36-43-3)51-42(45)35-33-31-29-27-25-23-21-19-17-15-13-11-9-7-5-2/h13,15,19,21,40,43H,4-12,14,16-18,20,22-39H2,1-3H3,(H,46,47)/b15-13-,21-19-. The maximum atomic E-state index is 12.6. The van der Waals surface area contributed by atoms with E-state index in [1.807, 2.05) is 0 Å². The number of phosphoric acid groups is 1. The average molecular weight is 758 g/mol. The second-order valence-electron chi connectivity index (χ2n) is 14.2. The Balaban J connectivity index is 4.24. The molecule has 0 amide bonds. The van der Waals surface area contributed by atoms with Gasteiger partial charge in [0.2, 0.25) is 0 Å². The monoisotopic (exact) mass is 758 g/mol. The summed E-state index contributed by atoms with van der Waals surface area (Å²) in [6.45, 7) is 4.19. The van der Waals surface area contributed by atoms with Gasteiger partial charge in [0, 0.05) is 19.4 Å². The van der Waals surface area contributed by atoms with E-state index in [-0.39, 0.29) is 32.0 Å². The zero-order chi connectivity index (χ0) is 38.2. The molecule has 0 aromatic rings. The quantitative estimate of drug-likeness (QED) is 0.0272. The fourth-order valence-electron chi connectivity index (χ4n) is 5.82. The van der Waals surface area contributed by atoms with E-state index < -0.39 is 26.5 Å². The number of carbonyl (C=O) groups excluding carboxylic acids is 2. The Bertz CT molecular complexity index is 912. The van der Waals surface area contributed by atoms with Crippen LogP contribution in [0.25, 0.3) is 0 Å². The molecule has 0 aromatic heterocycles. The molecule has 0 aliphatic heterocycles. The lowest BCUT2D eigenvalue weighted by Crippen LogP contribution is -2.29. The van der Waals surface area contributed by atoms with E-state index in [0.29, 0.717) is 13.0 Å². The Morgan fingerprint density at radius 2 is 1.04 bits per heavy atom. The number of hydrogen-bond acceptors (Lipinski definition) is 8. The van der Waals surface area contributed by atoms with Crippen LogP contribution in [0, 0.1) is 0 Å². The molecule has 0 radical (unpaired) electrons. The largest absolute Gasteiger partial charge is 0.472 e. The second kappa shape index (κ2) is 39.2. The van der Waals surface area contributed by atoms with Crippen LogP contribution in [0.3, 0.4) is 0 Å². The molecule has 0 aromatic carbocycles. The number of ether oxygens (including phenoxy) is 2. The van der Waals surface area contributed by atoms with Crippen molar-refractivity contribution in [2.24, 2.45) is 0 Å². The van der Waals surface area contributed by atoms with Crippen LogP contribution in [0.5, 0.6) is 0 Å². The molecule has 0 rings (SSSR count). The summed E-state index contributed by atoms with van der Waals surface area (Å²) in [7, 11) is -2.65. The lowest BCUT2D eigenvalue weighted by molar-refractivity contribution is -0.161. The molecule has 52 heavy (non-hydrogen) atoms. The fourth-order valence-corrected chi connectivity index (χ4v) is 6.57. The number of unbranched alkanes of at least 4 members (excludes halogenated alkanes) is 22. The predicted octanol–water partition coefficient (Wildman–Crippen LogP) is 11.9. The molecule has 2 atom stereocenters. The van der Waals surface area contributed by atoms with E-state index in [2.05, 4.69) is 43.5 Å². The number of hydrogen-bond donors (Lipinski definition) is 2. The highest BCUT2D eigenvalue weighted by molar-refractivity contribution is 7.47. The third kappa shape index (κ3) is 38.2. The molecule has 0 heterocycles. The summed E-state index contributed by atoms with van der Waals surface area (Å²) in [6, 6.07) is 0. The van der Waals surface area contributed by atoms with Crippen molar-refractivity contribution in [3.05, 3.63) is 24.3 Å². The summed E-state index contributed by atoms with van der Waals surface area (Å²) >= 11 is 0. The molecule has 0 bridgehead atoms. The van der Waals surface area contributed by atoms with Gasteiger partial charge in [-0.2, -0.15) is 0 Å². The highest BCUT2D eigenvalue weighted by atomic mass is 31.2. The third-order valence-electron chi connectivity index (χ3n) is 9.07. The first-order valence-corrected chi connectivity index (χ1v) is 22.8. The smallest absolute Gasteiger partial charge is 0.462 e. The number of carbonyl (C=O) groups is 2. The number of nitrogens with one attached hydrogen (secondary N) is 1. The van der Waals surface area contributed by atoms with Crippen molar-refractivity contribution in [3.8, 4) is 0 Å². The zero-order valence-electron chi connectivity index (χ0n) is 33.8. The molecule has 10 heteroatoms. The van der Waals surface area contributed by atoms with Gasteiger partial charge in [0.1, 0.15) is 6.61 Å².